The number of benzene rings is 1. The Hall–Kier alpha value is -2.72. The molecule has 1 aromatic carbocycles. The lowest BCUT2D eigenvalue weighted by atomic mass is 9.85. The molecular weight excluding hydrogens is 477 g/mol. The van der Waals surface area contributed by atoms with Gasteiger partial charge in [0.1, 0.15) is 11.9 Å². The van der Waals surface area contributed by atoms with E-state index in [1.807, 2.05) is 34.6 Å². The summed E-state index contributed by atoms with van der Waals surface area (Å²) < 4.78 is 19.6. The van der Waals surface area contributed by atoms with Crippen LogP contribution in [0.3, 0.4) is 0 Å². The Morgan fingerprint density at radius 3 is 2.30 bits per heavy atom. The summed E-state index contributed by atoms with van der Waals surface area (Å²) in [6, 6.07) is 4.13. The minimum atomic E-state index is -0.745. The average Bonchev–Trinajstić information content (AvgIpc) is 3.41. The number of likely N-dealkylation sites (N-methyl/N-ethyl adjacent to an activating group) is 1. The van der Waals surface area contributed by atoms with Crippen LogP contribution in [-0.2, 0) is 20.9 Å². The summed E-state index contributed by atoms with van der Waals surface area (Å²) in [4.78, 5) is 43.3. The number of amides is 4. The molecule has 1 aromatic rings. The van der Waals surface area contributed by atoms with Gasteiger partial charge in [-0.05, 0) is 57.4 Å². The number of halogens is 1. The maximum Gasteiger partial charge on any atom is 0.318 e. The molecular formula is C27H42FN5O4. The van der Waals surface area contributed by atoms with Gasteiger partial charge in [0.05, 0.1) is 37.4 Å². The molecule has 206 valence electrons. The summed E-state index contributed by atoms with van der Waals surface area (Å²) in [6.07, 6.45) is 0.197. The van der Waals surface area contributed by atoms with Crippen molar-refractivity contribution in [2.75, 3.05) is 20.1 Å². The smallest absolute Gasteiger partial charge is 0.318 e. The largest absolute Gasteiger partial charge is 0.369 e. The molecule has 2 saturated heterocycles. The topological polar surface area (TPSA) is 103 Å². The van der Waals surface area contributed by atoms with Crippen LogP contribution in [0.4, 0.5) is 9.18 Å². The van der Waals surface area contributed by atoms with Gasteiger partial charge in [-0.15, -0.1) is 0 Å². The summed E-state index contributed by atoms with van der Waals surface area (Å²) >= 11 is 0. The number of ether oxygens (including phenoxy) is 1. The van der Waals surface area contributed by atoms with Crippen molar-refractivity contribution in [2.24, 2.45) is 5.41 Å². The van der Waals surface area contributed by atoms with Crippen molar-refractivity contribution in [1.82, 2.24) is 25.8 Å². The van der Waals surface area contributed by atoms with Gasteiger partial charge in [0.15, 0.2) is 0 Å². The molecule has 2 heterocycles. The fourth-order valence-corrected chi connectivity index (χ4v) is 4.99. The Morgan fingerprint density at radius 2 is 1.73 bits per heavy atom. The Bertz CT molecular complexity index is 965. The van der Waals surface area contributed by atoms with Gasteiger partial charge in [-0.3, -0.25) is 9.59 Å². The van der Waals surface area contributed by atoms with Crippen molar-refractivity contribution < 1.29 is 23.5 Å². The summed E-state index contributed by atoms with van der Waals surface area (Å²) in [7, 11) is 1.70. The number of rotatable bonds is 8. The van der Waals surface area contributed by atoms with Gasteiger partial charge in [0, 0.05) is 12.6 Å². The Kier molecular flexibility index (Phi) is 9.18. The fourth-order valence-electron chi connectivity index (χ4n) is 4.99. The van der Waals surface area contributed by atoms with E-state index >= 15 is 0 Å². The number of nitrogens with zero attached hydrogens (tertiary/aromatic N) is 2. The van der Waals surface area contributed by atoms with Gasteiger partial charge in [0.25, 0.3) is 0 Å². The first-order valence-electron chi connectivity index (χ1n) is 13.0. The van der Waals surface area contributed by atoms with E-state index in [-0.39, 0.29) is 48.4 Å². The van der Waals surface area contributed by atoms with Gasteiger partial charge < -0.3 is 30.5 Å². The summed E-state index contributed by atoms with van der Waals surface area (Å²) in [6.45, 7) is 12.3. The van der Waals surface area contributed by atoms with Crippen molar-refractivity contribution in [3.63, 3.8) is 0 Å². The third kappa shape index (κ3) is 6.78. The van der Waals surface area contributed by atoms with E-state index in [2.05, 4.69) is 16.0 Å². The van der Waals surface area contributed by atoms with Crippen LogP contribution in [0.2, 0.25) is 0 Å². The van der Waals surface area contributed by atoms with Crippen LogP contribution in [0.1, 0.15) is 53.5 Å². The highest BCUT2D eigenvalue weighted by Gasteiger charge is 2.54. The molecule has 5 atom stereocenters. The van der Waals surface area contributed by atoms with Crippen molar-refractivity contribution in [3.05, 3.63) is 35.6 Å². The van der Waals surface area contributed by atoms with Crippen LogP contribution in [0, 0.1) is 11.2 Å². The number of hydrogen-bond acceptors (Lipinski definition) is 5. The molecule has 0 unspecified atom stereocenters. The standard InChI is InChI=1S/C27H42FN5O4/c1-16(2)30-26(36)33-14-21(37-15-18-8-10-19(28)11-9-18)22-20(33)12-13-32(22)25(35)23(27(4,5)6)31-24(34)17(3)29-7/h8-11,16-17,20-23,29H,12-15H2,1-7H3,(H,30,36)(H,31,34)/t17-,20+,21-,22-,23+/m0/s1. The normalized spacial score (nSPS) is 23.1. The number of fused-ring (bicyclic) bond motifs is 1. The van der Waals surface area contributed by atoms with Gasteiger partial charge >= 0.3 is 6.03 Å². The number of hydrogen-bond donors (Lipinski definition) is 3. The molecule has 0 spiro atoms. The number of nitrogens with one attached hydrogen (secondary N) is 3. The molecule has 2 aliphatic heterocycles. The second-order valence-electron chi connectivity index (χ2n) is 11.4. The van der Waals surface area contributed by atoms with E-state index in [0.29, 0.717) is 19.5 Å². The minimum Gasteiger partial charge on any atom is -0.369 e. The number of likely N-dealkylation sites (tertiary alicyclic amines) is 2. The van der Waals surface area contributed by atoms with Crippen molar-refractivity contribution in [1.29, 1.82) is 0 Å². The van der Waals surface area contributed by atoms with Gasteiger partial charge in [0.2, 0.25) is 11.8 Å². The van der Waals surface area contributed by atoms with E-state index in [9.17, 15) is 18.8 Å². The number of carbonyl (C=O) groups excluding carboxylic acids is 3. The maximum absolute atomic E-state index is 14.0. The summed E-state index contributed by atoms with van der Waals surface area (Å²) in [5.74, 6) is -0.755. The zero-order valence-corrected chi connectivity index (χ0v) is 23.0. The van der Waals surface area contributed by atoms with Crippen LogP contribution >= 0.6 is 0 Å². The van der Waals surface area contributed by atoms with Gasteiger partial charge in [-0.1, -0.05) is 32.9 Å². The molecule has 2 fully saturated rings. The lowest BCUT2D eigenvalue weighted by molar-refractivity contribution is -0.142. The quantitative estimate of drug-likeness (QED) is 0.489. The molecule has 0 radical (unpaired) electrons. The van der Waals surface area contributed by atoms with E-state index < -0.39 is 23.6 Å². The van der Waals surface area contributed by atoms with E-state index in [4.69, 9.17) is 4.74 Å². The first-order chi connectivity index (χ1) is 17.3. The van der Waals surface area contributed by atoms with E-state index in [1.165, 1.54) is 12.1 Å². The van der Waals surface area contributed by atoms with Crippen LogP contribution in [0.5, 0.6) is 0 Å². The first-order valence-corrected chi connectivity index (χ1v) is 13.0. The van der Waals surface area contributed by atoms with Crippen LogP contribution in [0.25, 0.3) is 0 Å². The lowest BCUT2D eigenvalue weighted by Gasteiger charge is -2.37. The first kappa shape index (κ1) is 28.8. The van der Waals surface area contributed by atoms with Gasteiger partial charge in [-0.2, -0.15) is 0 Å². The highest BCUT2D eigenvalue weighted by atomic mass is 19.1. The fraction of sp³-hybridized carbons (Fsp3) is 0.667. The second-order valence-corrected chi connectivity index (χ2v) is 11.4. The Balaban J connectivity index is 1.85. The molecule has 0 aromatic heterocycles. The molecule has 10 heteroatoms. The summed E-state index contributed by atoms with van der Waals surface area (Å²) in [5, 5.41) is 8.81. The molecule has 9 nitrogen and oxygen atoms in total. The zero-order chi connectivity index (χ0) is 27.5. The summed E-state index contributed by atoms with van der Waals surface area (Å²) in [5.41, 5.74) is 0.274. The van der Waals surface area contributed by atoms with Crippen LogP contribution in [0.15, 0.2) is 24.3 Å². The van der Waals surface area contributed by atoms with Crippen molar-refractivity contribution in [2.45, 2.75) is 90.9 Å². The molecule has 2 aliphatic rings. The lowest BCUT2D eigenvalue weighted by Crippen LogP contribution is -2.59. The Morgan fingerprint density at radius 1 is 1.08 bits per heavy atom. The molecule has 4 amide bonds. The monoisotopic (exact) mass is 519 g/mol. The predicted octanol–water partition coefficient (Wildman–Crippen LogP) is 2.25. The second kappa shape index (κ2) is 11.8. The number of urea groups is 1. The van der Waals surface area contributed by atoms with Crippen molar-refractivity contribution in [3.8, 4) is 0 Å². The van der Waals surface area contributed by atoms with Gasteiger partial charge in [-0.25, -0.2) is 9.18 Å². The van der Waals surface area contributed by atoms with Crippen LogP contribution < -0.4 is 16.0 Å². The predicted molar refractivity (Wildman–Crippen MR) is 139 cm³/mol. The third-order valence-electron chi connectivity index (χ3n) is 7.14. The zero-order valence-electron chi connectivity index (χ0n) is 23.0. The molecule has 0 saturated carbocycles. The number of carbonyl (C=O) groups is 3. The molecule has 3 rings (SSSR count). The average molecular weight is 520 g/mol. The minimum absolute atomic E-state index is 0.0288. The molecule has 37 heavy (non-hydrogen) atoms. The highest BCUT2D eigenvalue weighted by molar-refractivity contribution is 5.90. The van der Waals surface area contributed by atoms with Crippen LogP contribution in [-0.4, -0.2) is 84.1 Å². The van der Waals surface area contributed by atoms with E-state index in [0.717, 1.165) is 5.56 Å². The SMILES string of the molecule is CN[C@@H](C)C(=O)N[C@H](C(=O)N1CC[C@@H]2[C@H]1[C@@H](OCc1ccc(F)cc1)CN2C(=O)NC(C)C)C(C)(C)C. The van der Waals surface area contributed by atoms with Crippen molar-refractivity contribution >= 4 is 17.8 Å². The molecule has 0 aliphatic carbocycles. The molecule has 0 bridgehead atoms. The van der Waals surface area contributed by atoms with E-state index in [1.54, 1.807) is 35.9 Å². The highest BCUT2D eigenvalue weighted by Crippen LogP contribution is 2.36. The maximum atomic E-state index is 14.0. The Labute approximate surface area is 219 Å². The third-order valence-corrected chi connectivity index (χ3v) is 7.14. The molecule has 3 N–H and O–H groups in total.